The van der Waals surface area contributed by atoms with Gasteiger partial charge >= 0.3 is 0 Å². The molecule has 11 heavy (non-hydrogen) atoms. The molecule has 2 nitrogen and oxygen atoms in total. The van der Waals surface area contributed by atoms with Crippen LogP contribution in [-0.2, 0) is 0 Å². The number of halogens is 1. The smallest absolute Gasteiger partial charge is 0.0875 e. The van der Waals surface area contributed by atoms with Gasteiger partial charge in [0.15, 0.2) is 0 Å². The molecule has 0 bridgehead atoms. The van der Waals surface area contributed by atoms with Crippen LogP contribution >= 0.6 is 11.6 Å². The summed E-state index contributed by atoms with van der Waals surface area (Å²) in [5.41, 5.74) is 1.02. The minimum atomic E-state index is 0.493. The first-order valence-electron chi connectivity index (χ1n) is 2.93. The lowest BCUT2D eigenvalue weighted by Gasteiger charge is -1.96. The van der Waals surface area contributed by atoms with E-state index in [2.05, 4.69) is 12.4 Å². The first kappa shape index (κ1) is 7.95. The third kappa shape index (κ3) is 1.65. The van der Waals surface area contributed by atoms with Gasteiger partial charge in [0, 0.05) is 16.1 Å². The molecule has 0 fully saturated rings. The topological polar surface area (TPSA) is 47.7 Å². The number of rotatable bonds is 2. The quantitative estimate of drug-likeness (QED) is 0.629. The summed E-state index contributed by atoms with van der Waals surface area (Å²) in [4.78, 5) is 0. The molecular weight excluding hydrogens is 160 g/mol. The maximum absolute atomic E-state index is 6.85. The van der Waals surface area contributed by atoms with E-state index in [1.54, 1.807) is 18.2 Å². The molecule has 1 aromatic carbocycles. The third-order valence-electron chi connectivity index (χ3n) is 1.25. The lowest BCUT2D eigenvalue weighted by Crippen LogP contribution is -1.89. The van der Waals surface area contributed by atoms with E-state index in [1.807, 2.05) is 0 Å². The number of benzene rings is 1. The molecule has 0 saturated carbocycles. The van der Waals surface area contributed by atoms with E-state index in [0.29, 0.717) is 16.1 Å². The monoisotopic (exact) mass is 164 g/mol. The van der Waals surface area contributed by atoms with Crippen molar-refractivity contribution in [3.05, 3.63) is 34.3 Å². The minimum Gasteiger partial charge on any atom is -0.298 e. The van der Waals surface area contributed by atoms with Gasteiger partial charge in [0.2, 0.25) is 0 Å². The molecule has 0 saturated heterocycles. The zero-order chi connectivity index (χ0) is 8.27. The third-order valence-corrected chi connectivity index (χ3v) is 1.49. The van der Waals surface area contributed by atoms with Crippen LogP contribution in [0.5, 0.6) is 0 Å². The fourth-order valence-electron chi connectivity index (χ4n) is 0.729. The van der Waals surface area contributed by atoms with Crippen molar-refractivity contribution in [3.8, 4) is 0 Å². The molecule has 0 atom stereocenters. The maximum Gasteiger partial charge on any atom is 0.0875 e. The van der Waals surface area contributed by atoms with Crippen LogP contribution in [0, 0.1) is 10.8 Å². The number of hydrogen-bond donors (Lipinski definition) is 2. The maximum atomic E-state index is 6.85. The summed E-state index contributed by atoms with van der Waals surface area (Å²) in [6.45, 7) is 0. The Morgan fingerprint density at radius 1 is 1.09 bits per heavy atom. The molecule has 0 aliphatic rings. The van der Waals surface area contributed by atoms with E-state index in [4.69, 9.17) is 22.4 Å². The van der Waals surface area contributed by atoms with Gasteiger partial charge in [0.1, 0.15) is 0 Å². The minimum absolute atomic E-state index is 0.493. The van der Waals surface area contributed by atoms with Crippen LogP contribution in [0.1, 0.15) is 11.1 Å². The SMILES string of the molecule is N=[C]c1ccc(Cl)cc1[C]=N. The molecule has 0 amide bonds. The predicted molar refractivity (Wildman–Crippen MR) is 45.1 cm³/mol. The highest BCUT2D eigenvalue weighted by molar-refractivity contribution is 6.31. The molecule has 1 rings (SSSR count). The summed E-state index contributed by atoms with van der Waals surface area (Å²) in [5, 5.41) is 14.2. The van der Waals surface area contributed by atoms with E-state index in [0.717, 1.165) is 0 Å². The zero-order valence-corrected chi connectivity index (χ0v) is 6.37. The Kier molecular flexibility index (Phi) is 2.39. The molecule has 0 aliphatic carbocycles. The molecule has 2 N–H and O–H groups in total. The molecule has 0 unspecified atom stereocenters. The van der Waals surface area contributed by atoms with Gasteiger partial charge in [-0.1, -0.05) is 17.7 Å². The molecule has 0 heterocycles. The summed E-state index contributed by atoms with van der Waals surface area (Å²) >= 11 is 5.64. The molecule has 1 aromatic rings. The molecule has 54 valence electrons. The van der Waals surface area contributed by atoms with Gasteiger partial charge < -0.3 is 0 Å². The van der Waals surface area contributed by atoms with Crippen molar-refractivity contribution in [2.24, 2.45) is 0 Å². The van der Waals surface area contributed by atoms with Crippen molar-refractivity contribution in [2.45, 2.75) is 0 Å². The molecule has 0 aromatic heterocycles. The van der Waals surface area contributed by atoms with Crippen LogP contribution in [-0.4, -0.2) is 12.4 Å². The van der Waals surface area contributed by atoms with Crippen molar-refractivity contribution in [1.82, 2.24) is 0 Å². The second-order valence-electron chi connectivity index (χ2n) is 1.94. The van der Waals surface area contributed by atoms with Crippen molar-refractivity contribution in [1.29, 1.82) is 10.8 Å². The molecule has 2 radical (unpaired) electrons. The van der Waals surface area contributed by atoms with E-state index >= 15 is 0 Å². The van der Waals surface area contributed by atoms with Crippen molar-refractivity contribution >= 4 is 24.0 Å². The van der Waals surface area contributed by atoms with Gasteiger partial charge in [-0.15, -0.1) is 0 Å². The van der Waals surface area contributed by atoms with Crippen molar-refractivity contribution in [3.63, 3.8) is 0 Å². The Labute approximate surface area is 69.8 Å². The second-order valence-corrected chi connectivity index (χ2v) is 2.38. The van der Waals surface area contributed by atoms with E-state index in [1.165, 1.54) is 0 Å². The van der Waals surface area contributed by atoms with Gasteiger partial charge in [0.25, 0.3) is 0 Å². The van der Waals surface area contributed by atoms with Gasteiger partial charge in [-0.2, -0.15) is 0 Å². The molecule has 3 heteroatoms. The Hall–Kier alpha value is -1.15. The lowest BCUT2D eigenvalue weighted by molar-refractivity contribution is 1.50. The van der Waals surface area contributed by atoms with Crippen LogP contribution in [0.2, 0.25) is 5.02 Å². The van der Waals surface area contributed by atoms with Crippen LogP contribution in [0.25, 0.3) is 0 Å². The highest BCUT2D eigenvalue weighted by Crippen LogP contribution is 2.12. The first-order chi connectivity index (χ1) is 5.27. The molecule has 0 spiro atoms. The zero-order valence-electron chi connectivity index (χ0n) is 5.61. The van der Waals surface area contributed by atoms with Crippen molar-refractivity contribution in [2.75, 3.05) is 0 Å². The summed E-state index contributed by atoms with van der Waals surface area (Å²) in [6.07, 6.45) is 4.35. The highest BCUT2D eigenvalue weighted by atomic mass is 35.5. The fraction of sp³-hybridized carbons (Fsp3) is 0. The van der Waals surface area contributed by atoms with Crippen molar-refractivity contribution < 1.29 is 0 Å². The normalized spacial score (nSPS) is 9.18. The Balaban J connectivity index is 3.26. The first-order valence-corrected chi connectivity index (χ1v) is 3.30. The van der Waals surface area contributed by atoms with Gasteiger partial charge in [-0.25, -0.2) is 0 Å². The van der Waals surface area contributed by atoms with Crippen LogP contribution in [0.15, 0.2) is 18.2 Å². The summed E-state index contributed by atoms with van der Waals surface area (Å²) < 4.78 is 0. The summed E-state index contributed by atoms with van der Waals surface area (Å²) in [7, 11) is 0. The summed E-state index contributed by atoms with van der Waals surface area (Å²) in [5.74, 6) is 0. The van der Waals surface area contributed by atoms with E-state index in [9.17, 15) is 0 Å². The largest absolute Gasteiger partial charge is 0.298 e. The van der Waals surface area contributed by atoms with Gasteiger partial charge in [-0.3, -0.25) is 10.8 Å². The van der Waals surface area contributed by atoms with Gasteiger partial charge in [-0.05, 0) is 12.1 Å². The van der Waals surface area contributed by atoms with Crippen LogP contribution in [0.4, 0.5) is 0 Å². The van der Waals surface area contributed by atoms with Crippen LogP contribution < -0.4 is 0 Å². The average Bonchev–Trinajstić information content (AvgIpc) is 2.04. The number of hydrogen-bond acceptors (Lipinski definition) is 2. The summed E-state index contributed by atoms with van der Waals surface area (Å²) in [6, 6.07) is 4.86. The Morgan fingerprint density at radius 2 is 1.73 bits per heavy atom. The lowest BCUT2D eigenvalue weighted by atomic mass is 10.1. The highest BCUT2D eigenvalue weighted by Gasteiger charge is 1.97. The predicted octanol–water partition coefficient (Wildman–Crippen LogP) is 2.09. The van der Waals surface area contributed by atoms with Gasteiger partial charge in [0.05, 0.1) is 12.4 Å². The average molecular weight is 165 g/mol. The number of nitrogens with one attached hydrogen (secondary N) is 2. The second kappa shape index (κ2) is 3.30. The Morgan fingerprint density at radius 3 is 2.27 bits per heavy atom. The Bertz CT molecular complexity index is 294. The standard InChI is InChI=1S/C8H5ClN2/c9-8-2-1-6(4-10)7(3-8)5-11/h1-3,10-11H. The molecule has 0 aliphatic heterocycles. The fourth-order valence-corrected chi connectivity index (χ4v) is 0.901. The molecular formula is C8H5ClN2. The van der Waals surface area contributed by atoms with Crippen LogP contribution in [0.3, 0.4) is 0 Å². The van der Waals surface area contributed by atoms with E-state index < -0.39 is 0 Å². The van der Waals surface area contributed by atoms with E-state index in [-0.39, 0.29) is 0 Å².